The number of anilines is 1. The SMILES string of the molecule is Cc1cc(NC(C)(C)C)ncc1-c1sc(C(=O)NC2CCC[C@@H]2O)nc1C(=O)N1C2CCC1CC2. The van der Waals surface area contributed by atoms with Crippen molar-refractivity contribution in [2.75, 3.05) is 5.32 Å². The van der Waals surface area contributed by atoms with Gasteiger partial charge < -0.3 is 20.6 Å². The average Bonchev–Trinajstić information content (AvgIpc) is 3.57. The maximum absolute atomic E-state index is 13.8. The van der Waals surface area contributed by atoms with E-state index in [0.29, 0.717) is 17.0 Å². The molecule has 1 unspecified atom stereocenters. The van der Waals surface area contributed by atoms with Gasteiger partial charge in [-0.05, 0) is 84.3 Å². The highest BCUT2D eigenvalue weighted by atomic mass is 32.1. The fourth-order valence-corrected chi connectivity index (χ4v) is 6.73. The molecule has 0 radical (unpaired) electrons. The zero-order valence-electron chi connectivity index (χ0n) is 20.9. The maximum atomic E-state index is 13.8. The number of pyridine rings is 1. The third kappa shape index (κ3) is 4.80. The van der Waals surface area contributed by atoms with Crippen molar-refractivity contribution in [3.63, 3.8) is 0 Å². The van der Waals surface area contributed by atoms with Gasteiger partial charge in [0.15, 0.2) is 5.01 Å². The van der Waals surface area contributed by atoms with Crippen LogP contribution in [0.3, 0.4) is 0 Å². The molecule has 3 N–H and O–H groups in total. The number of carbonyl (C=O) groups excluding carboxylic acids is 2. The van der Waals surface area contributed by atoms with Crippen LogP contribution in [-0.4, -0.2) is 61.6 Å². The smallest absolute Gasteiger partial charge is 0.280 e. The number of rotatable bonds is 5. The molecule has 2 amide bonds. The summed E-state index contributed by atoms with van der Waals surface area (Å²) in [5.74, 6) is 0.349. The Balaban J connectivity index is 1.50. The Morgan fingerprint density at radius 2 is 1.80 bits per heavy atom. The number of amides is 2. The van der Waals surface area contributed by atoms with Crippen molar-refractivity contribution < 1.29 is 14.7 Å². The molecule has 35 heavy (non-hydrogen) atoms. The van der Waals surface area contributed by atoms with Crippen molar-refractivity contribution in [1.82, 2.24) is 20.2 Å². The molecular formula is C26H35N5O3S. The largest absolute Gasteiger partial charge is 0.391 e. The molecule has 4 heterocycles. The molecule has 3 fully saturated rings. The summed E-state index contributed by atoms with van der Waals surface area (Å²) in [5.41, 5.74) is 1.99. The molecule has 2 bridgehead atoms. The van der Waals surface area contributed by atoms with Gasteiger partial charge in [0.1, 0.15) is 11.5 Å². The van der Waals surface area contributed by atoms with E-state index >= 15 is 0 Å². The molecule has 0 spiro atoms. The first-order valence-electron chi connectivity index (χ1n) is 12.7. The number of hydrogen-bond acceptors (Lipinski definition) is 7. The summed E-state index contributed by atoms with van der Waals surface area (Å²) >= 11 is 1.24. The first-order valence-corrected chi connectivity index (χ1v) is 13.5. The van der Waals surface area contributed by atoms with Gasteiger partial charge in [-0.15, -0.1) is 11.3 Å². The standard InChI is InChI=1S/C26H35N5O3S/c1-14-12-20(30-26(2,3)4)27-13-17(14)22-21(25(34)31-15-8-9-16(31)11-10-15)29-24(35-22)23(33)28-18-6-5-7-19(18)32/h12-13,15-16,18-19,32H,5-11H2,1-4H3,(H,27,30)(H,28,33)/t15?,16?,18?,19-/m0/s1. The second-order valence-electron chi connectivity index (χ2n) is 11.2. The second kappa shape index (κ2) is 9.17. The topological polar surface area (TPSA) is 107 Å². The minimum absolute atomic E-state index is 0.0857. The molecule has 5 rings (SSSR count). The van der Waals surface area contributed by atoms with E-state index in [1.807, 2.05) is 17.9 Å². The number of nitrogens with zero attached hydrogens (tertiary/aromatic N) is 3. The highest BCUT2D eigenvalue weighted by Gasteiger charge is 2.44. The lowest BCUT2D eigenvalue weighted by Crippen LogP contribution is -2.40. The molecule has 2 aromatic heterocycles. The lowest BCUT2D eigenvalue weighted by molar-refractivity contribution is 0.0725. The van der Waals surface area contributed by atoms with E-state index in [-0.39, 0.29) is 40.5 Å². The quantitative estimate of drug-likeness (QED) is 0.573. The van der Waals surface area contributed by atoms with Crippen molar-refractivity contribution in [3.8, 4) is 10.4 Å². The molecule has 188 valence electrons. The van der Waals surface area contributed by atoms with Gasteiger partial charge in [-0.2, -0.15) is 0 Å². The molecule has 9 heteroatoms. The van der Waals surface area contributed by atoms with Gasteiger partial charge in [-0.3, -0.25) is 9.59 Å². The summed E-state index contributed by atoms with van der Waals surface area (Å²) in [6.45, 7) is 8.23. The van der Waals surface area contributed by atoms with Crippen LogP contribution in [0.1, 0.15) is 91.6 Å². The van der Waals surface area contributed by atoms with Crippen LogP contribution in [-0.2, 0) is 0 Å². The number of thiazole rings is 1. The first kappa shape index (κ1) is 24.2. The Kier molecular flexibility index (Phi) is 6.34. The van der Waals surface area contributed by atoms with Crippen LogP contribution in [0, 0.1) is 6.92 Å². The van der Waals surface area contributed by atoms with Crippen LogP contribution < -0.4 is 10.6 Å². The fourth-order valence-electron chi connectivity index (χ4n) is 5.70. The zero-order valence-corrected chi connectivity index (χ0v) is 21.7. The lowest BCUT2D eigenvalue weighted by atomic mass is 10.0. The molecule has 2 atom stereocenters. The number of hydrogen-bond donors (Lipinski definition) is 3. The Bertz CT molecular complexity index is 1120. The predicted molar refractivity (Wildman–Crippen MR) is 137 cm³/mol. The number of aliphatic hydroxyl groups excluding tert-OH is 1. The highest BCUT2D eigenvalue weighted by molar-refractivity contribution is 7.17. The summed E-state index contributed by atoms with van der Waals surface area (Å²) in [7, 11) is 0. The molecule has 3 aliphatic rings. The van der Waals surface area contributed by atoms with Crippen LogP contribution in [0.4, 0.5) is 5.82 Å². The van der Waals surface area contributed by atoms with Crippen LogP contribution in [0.15, 0.2) is 12.3 Å². The third-order valence-corrected chi connectivity index (χ3v) is 8.45. The second-order valence-corrected chi connectivity index (χ2v) is 12.2. The fraction of sp³-hybridized carbons (Fsp3) is 0.615. The number of aromatic nitrogens is 2. The molecule has 2 saturated heterocycles. The minimum atomic E-state index is -0.533. The zero-order chi connectivity index (χ0) is 24.9. The number of carbonyl (C=O) groups is 2. The van der Waals surface area contributed by atoms with E-state index in [4.69, 9.17) is 0 Å². The van der Waals surface area contributed by atoms with E-state index in [0.717, 1.165) is 55.5 Å². The Hall–Kier alpha value is -2.52. The van der Waals surface area contributed by atoms with Gasteiger partial charge in [-0.25, -0.2) is 9.97 Å². The molecule has 8 nitrogen and oxygen atoms in total. The molecule has 1 saturated carbocycles. The van der Waals surface area contributed by atoms with Crippen molar-refractivity contribution in [1.29, 1.82) is 0 Å². The van der Waals surface area contributed by atoms with Crippen molar-refractivity contribution in [2.45, 2.75) is 102 Å². The number of nitrogens with one attached hydrogen (secondary N) is 2. The molecule has 2 aliphatic heterocycles. The summed E-state index contributed by atoms with van der Waals surface area (Å²) in [5, 5.41) is 16.7. The van der Waals surface area contributed by atoms with Gasteiger partial charge in [-0.1, -0.05) is 0 Å². The number of aliphatic hydroxyl groups is 1. The van der Waals surface area contributed by atoms with E-state index in [9.17, 15) is 14.7 Å². The van der Waals surface area contributed by atoms with Gasteiger partial charge in [0, 0.05) is 29.4 Å². The Morgan fingerprint density at radius 1 is 1.11 bits per heavy atom. The number of fused-ring (bicyclic) bond motifs is 2. The summed E-state index contributed by atoms with van der Waals surface area (Å²) in [4.78, 5) is 38.8. The summed E-state index contributed by atoms with van der Waals surface area (Å²) in [6, 6.07) is 2.24. The molecule has 0 aromatic carbocycles. The highest BCUT2D eigenvalue weighted by Crippen LogP contribution is 2.41. The van der Waals surface area contributed by atoms with Gasteiger partial charge in [0.2, 0.25) is 0 Å². The van der Waals surface area contributed by atoms with Crippen LogP contribution in [0.25, 0.3) is 10.4 Å². The molecule has 1 aliphatic carbocycles. The third-order valence-electron chi connectivity index (χ3n) is 7.37. The lowest BCUT2D eigenvalue weighted by Gasteiger charge is -2.22. The van der Waals surface area contributed by atoms with Crippen molar-refractivity contribution >= 4 is 29.0 Å². The summed E-state index contributed by atoms with van der Waals surface area (Å²) in [6.07, 6.45) is 7.72. The van der Waals surface area contributed by atoms with E-state index in [1.165, 1.54) is 11.3 Å². The van der Waals surface area contributed by atoms with E-state index in [2.05, 4.69) is 41.4 Å². The monoisotopic (exact) mass is 497 g/mol. The normalized spacial score (nSPS) is 25.8. The summed E-state index contributed by atoms with van der Waals surface area (Å²) < 4.78 is 0. The Labute approximate surface area is 210 Å². The molecule has 2 aromatic rings. The average molecular weight is 498 g/mol. The number of aryl methyl sites for hydroxylation is 1. The molecular weight excluding hydrogens is 462 g/mol. The van der Waals surface area contributed by atoms with Gasteiger partial charge in [0.05, 0.1) is 17.0 Å². The van der Waals surface area contributed by atoms with Crippen molar-refractivity contribution in [2.24, 2.45) is 0 Å². The Morgan fingerprint density at radius 3 is 2.37 bits per heavy atom. The minimum Gasteiger partial charge on any atom is -0.391 e. The maximum Gasteiger partial charge on any atom is 0.280 e. The van der Waals surface area contributed by atoms with E-state index in [1.54, 1.807) is 6.20 Å². The van der Waals surface area contributed by atoms with Gasteiger partial charge >= 0.3 is 0 Å². The van der Waals surface area contributed by atoms with Gasteiger partial charge in [0.25, 0.3) is 11.8 Å². The van der Waals surface area contributed by atoms with Crippen molar-refractivity contribution in [3.05, 3.63) is 28.5 Å². The van der Waals surface area contributed by atoms with Crippen LogP contribution in [0.5, 0.6) is 0 Å². The van der Waals surface area contributed by atoms with E-state index < -0.39 is 6.10 Å². The van der Waals surface area contributed by atoms with Crippen LogP contribution >= 0.6 is 11.3 Å². The first-order chi connectivity index (χ1) is 16.6. The van der Waals surface area contributed by atoms with Crippen LogP contribution in [0.2, 0.25) is 0 Å². The predicted octanol–water partition coefficient (Wildman–Crippen LogP) is 4.13.